The first-order valence-electron chi connectivity index (χ1n) is 10.9. The van der Waals surface area contributed by atoms with E-state index in [2.05, 4.69) is 16.0 Å². The highest BCUT2D eigenvalue weighted by atomic mass is 32.2. The molecule has 3 N–H and O–H groups in total. The van der Waals surface area contributed by atoms with Crippen LogP contribution in [0.5, 0.6) is 0 Å². The van der Waals surface area contributed by atoms with E-state index in [0.29, 0.717) is 18.6 Å². The molecule has 1 unspecified atom stereocenters. The minimum absolute atomic E-state index is 0.151. The second kappa shape index (κ2) is 9.84. The molecule has 33 heavy (non-hydrogen) atoms. The van der Waals surface area contributed by atoms with Crippen LogP contribution in [-0.4, -0.2) is 42.8 Å². The number of fused-ring (bicyclic) bond motifs is 2. The summed E-state index contributed by atoms with van der Waals surface area (Å²) in [5.41, 5.74) is 2.30. The Morgan fingerprint density at radius 1 is 1.12 bits per heavy atom. The average Bonchev–Trinajstić information content (AvgIpc) is 3.20. The van der Waals surface area contributed by atoms with Crippen molar-refractivity contribution in [2.75, 3.05) is 11.9 Å². The van der Waals surface area contributed by atoms with Gasteiger partial charge in [0.2, 0.25) is 12.2 Å². The third-order valence-electron chi connectivity index (χ3n) is 5.50. The van der Waals surface area contributed by atoms with Gasteiger partial charge in [0, 0.05) is 22.3 Å². The van der Waals surface area contributed by atoms with Crippen molar-refractivity contribution in [1.29, 1.82) is 0 Å². The van der Waals surface area contributed by atoms with Crippen LogP contribution in [-0.2, 0) is 19.1 Å². The molecule has 0 aromatic heterocycles. The van der Waals surface area contributed by atoms with E-state index in [1.54, 1.807) is 23.9 Å². The maximum absolute atomic E-state index is 13.0. The van der Waals surface area contributed by atoms with Crippen molar-refractivity contribution in [1.82, 2.24) is 10.6 Å². The first kappa shape index (κ1) is 23.1. The lowest BCUT2D eigenvalue weighted by Crippen LogP contribution is -2.54. The van der Waals surface area contributed by atoms with Crippen LogP contribution < -0.4 is 16.0 Å². The molecule has 4 rings (SSSR count). The number of anilines is 2. The Bertz CT molecular complexity index is 1070. The minimum Gasteiger partial charge on any atom is -0.434 e. The van der Waals surface area contributed by atoms with Crippen LogP contribution in [0.25, 0.3) is 0 Å². The molecular weight excluding hydrogens is 442 g/mol. The molecule has 2 aliphatic rings. The molecule has 3 atom stereocenters. The van der Waals surface area contributed by atoms with Crippen molar-refractivity contribution in [3.8, 4) is 0 Å². The topological polar surface area (TPSA) is 106 Å². The maximum Gasteiger partial charge on any atom is 0.305 e. The van der Waals surface area contributed by atoms with Gasteiger partial charge in [-0.3, -0.25) is 14.4 Å². The summed E-state index contributed by atoms with van der Waals surface area (Å²) in [6, 6.07) is 12.2. The van der Waals surface area contributed by atoms with Gasteiger partial charge in [-0.2, -0.15) is 0 Å². The number of carbonyl (C=O) groups excluding carboxylic acids is 3. The molecule has 0 bridgehead atoms. The fourth-order valence-electron chi connectivity index (χ4n) is 3.80. The molecule has 1 saturated heterocycles. The Kier molecular flexibility index (Phi) is 6.90. The molecule has 0 aliphatic carbocycles. The van der Waals surface area contributed by atoms with E-state index in [4.69, 9.17) is 9.47 Å². The first-order chi connectivity index (χ1) is 15.8. The summed E-state index contributed by atoms with van der Waals surface area (Å²) in [5.74, 6) is -1.30. The number of rotatable bonds is 6. The third-order valence-corrected chi connectivity index (χ3v) is 6.65. The first-order valence-corrected chi connectivity index (χ1v) is 11.7. The summed E-state index contributed by atoms with van der Waals surface area (Å²) in [6.45, 7) is 5.40. The fourth-order valence-corrected chi connectivity index (χ4v) is 4.76. The molecule has 2 heterocycles. The number of para-hydroxylation sites is 1. The highest BCUT2D eigenvalue weighted by Gasteiger charge is 2.35. The highest BCUT2D eigenvalue weighted by Crippen LogP contribution is 2.44. The van der Waals surface area contributed by atoms with Gasteiger partial charge in [0.1, 0.15) is 6.04 Å². The molecular formula is C24H27N3O5S. The smallest absolute Gasteiger partial charge is 0.305 e. The van der Waals surface area contributed by atoms with E-state index in [1.165, 1.54) is 6.92 Å². The summed E-state index contributed by atoms with van der Waals surface area (Å²) < 4.78 is 10.5. The largest absolute Gasteiger partial charge is 0.434 e. The van der Waals surface area contributed by atoms with Crippen LogP contribution in [0.4, 0.5) is 11.4 Å². The zero-order chi connectivity index (χ0) is 23.5. The predicted molar refractivity (Wildman–Crippen MR) is 124 cm³/mol. The lowest BCUT2D eigenvalue weighted by atomic mass is 10.0. The van der Waals surface area contributed by atoms with Gasteiger partial charge in [-0.15, -0.1) is 0 Å². The van der Waals surface area contributed by atoms with Crippen LogP contribution in [0.2, 0.25) is 0 Å². The molecule has 0 radical (unpaired) electrons. The van der Waals surface area contributed by atoms with Crippen molar-refractivity contribution in [3.63, 3.8) is 0 Å². The minimum atomic E-state index is -0.818. The van der Waals surface area contributed by atoms with E-state index in [9.17, 15) is 14.4 Å². The second-order valence-corrected chi connectivity index (χ2v) is 9.47. The monoisotopic (exact) mass is 469 g/mol. The van der Waals surface area contributed by atoms with Gasteiger partial charge >= 0.3 is 5.97 Å². The van der Waals surface area contributed by atoms with Crippen LogP contribution >= 0.6 is 11.8 Å². The van der Waals surface area contributed by atoms with E-state index < -0.39 is 24.3 Å². The Hall–Kier alpha value is -3.04. The van der Waals surface area contributed by atoms with Crippen molar-refractivity contribution in [3.05, 3.63) is 48.0 Å². The van der Waals surface area contributed by atoms with Gasteiger partial charge in [0.05, 0.1) is 24.0 Å². The molecule has 0 spiro atoms. The molecule has 2 aliphatic heterocycles. The molecule has 2 aromatic carbocycles. The summed E-state index contributed by atoms with van der Waals surface area (Å²) in [5, 5.41) is 9.08. The Labute approximate surface area is 196 Å². The van der Waals surface area contributed by atoms with Gasteiger partial charge < -0.3 is 25.4 Å². The summed E-state index contributed by atoms with van der Waals surface area (Å²) in [7, 11) is 0. The number of benzene rings is 2. The lowest BCUT2D eigenvalue weighted by Gasteiger charge is -2.26. The number of ether oxygens (including phenoxy) is 2. The van der Waals surface area contributed by atoms with E-state index >= 15 is 0 Å². The molecule has 0 saturated carbocycles. The number of hydrogen-bond donors (Lipinski definition) is 3. The van der Waals surface area contributed by atoms with Gasteiger partial charge in [-0.1, -0.05) is 37.7 Å². The number of carbonyl (C=O) groups is 3. The highest BCUT2D eigenvalue weighted by molar-refractivity contribution is 7.99. The average molecular weight is 470 g/mol. The zero-order valence-electron chi connectivity index (χ0n) is 18.7. The van der Waals surface area contributed by atoms with E-state index in [0.717, 1.165) is 21.2 Å². The molecule has 2 aromatic rings. The molecule has 9 heteroatoms. The standard InChI is InChI=1S/C24H27N3O5S/c1-13(2)21(23(30)26-17-10-11-31-24(17)32-14(3)28)27-22(29)15-8-9-20-18(12-15)25-16-6-4-5-7-19(16)33-20/h4-9,12-13,17,21,24-25H,10-11H2,1-3H3,(H,26,30)(H,27,29)/t17-,21-,24?/m0/s1. The fraction of sp³-hybridized carbons (Fsp3) is 0.375. The van der Waals surface area contributed by atoms with E-state index in [1.807, 2.05) is 44.2 Å². The van der Waals surface area contributed by atoms with Crippen LogP contribution in [0, 0.1) is 5.92 Å². The van der Waals surface area contributed by atoms with Crippen molar-refractivity contribution < 1.29 is 23.9 Å². The van der Waals surface area contributed by atoms with Gasteiger partial charge in [0.15, 0.2) is 0 Å². The Morgan fingerprint density at radius 2 is 1.88 bits per heavy atom. The predicted octanol–water partition coefficient (Wildman–Crippen LogP) is 3.44. The number of amides is 2. The van der Waals surface area contributed by atoms with E-state index in [-0.39, 0.29) is 17.7 Å². The van der Waals surface area contributed by atoms with Crippen LogP contribution in [0.1, 0.15) is 37.6 Å². The normalized spacial score (nSPS) is 19.6. The quantitative estimate of drug-likeness (QED) is 0.475. The molecule has 8 nitrogen and oxygen atoms in total. The number of hydrogen-bond acceptors (Lipinski definition) is 7. The van der Waals surface area contributed by atoms with Crippen LogP contribution in [0.3, 0.4) is 0 Å². The SMILES string of the molecule is CC(=O)OC1OCC[C@@H]1NC(=O)[C@@H](NC(=O)c1ccc2c(c1)Nc1ccccc1S2)C(C)C. The Morgan fingerprint density at radius 3 is 2.64 bits per heavy atom. The number of nitrogens with one attached hydrogen (secondary N) is 3. The van der Waals surface area contributed by atoms with Crippen LogP contribution in [0.15, 0.2) is 52.3 Å². The van der Waals surface area contributed by atoms with Gasteiger partial charge in [-0.05, 0) is 42.7 Å². The Balaban J connectivity index is 1.44. The number of esters is 1. The summed E-state index contributed by atoms with van der Waals surface area (Å²) >= 11 is 1.64. The second-order valence-electron chi connectivity index (χ2n) is 8.38. The summed E-state index contributed by atoms with van der Waals surface area (Å²) in [4.78, 5) is 39.4. The van der Waals surface area contributed by atoms with Gasteiger partial charge in [-0.25, -0.2) is 0 Å². The molecule has 2 amide bonds. The van der Waals surface area contributed by atoms with Crippen molar-refractivity contribution in [2.24, 2.45) is 5.92 Å². The van der Waals surface area contributed by atoms with Crippen molar-refractivity contribution >= 4 is 40.9 Å². The third kappa shape index (κ3) is 5.31. The maximum atomic E-state index is 13.0. The molecule has 1 fully saturated rings. The van der Waals surface area contributed by atoms with Gasteiger partial charge in [0.25, 0.3) is 5.91 Å². The summed E-state index contributed by atoms with van der Waals surface area (Å²) in [6.07, 6.45) is -0.292. The zero-order valence-corrected chi connectivity index (χ0v) is 19.5. The van der Waals surface area contributed by atoms with Crippen molar-refractivity contribution in [2.45, 2.75) is 55.4 Å². The molecule has 174 valence electrons. The lowest BCUT2D eigenvalue weighted by molar-refractivity contribution is -0.171.